The van der Waals surface area contributed by atoms with Crippen LogP contribution in [0.3, 0.4) is 0 Å². The third-order valence-electron chi connectivity index (χ3n) is 2.01. The van der Waals surface area contributed by atoms with Crippen LogP contribution in [0, 0.1) is 0 Å². The highest BCUT2D eigenvalue weighted by atomic mass is 32.2. The molecule has 0 aliphatic carbocycles. The molecule has 1 aromatic rings. The van der Waals surface area contributed by atoms with Crippen molar-refractivity contribution >= 4 is 23.8 Å². The van der Waals surface area contributed by atoms with Gasteiger partial charge < -0.3 is 9.64 Å². The number of ether oxygens (including phenoxy) is 1. The number of amides is 1. The second-order valence-corrected chi connectivity index (χ2v) is 4.78. The average Bonchev–Trinajstić information content (AvgIpc) is 2.92. The van der Waals surface area contributed by atoms with Crippen LogP contribution in [0.4, 0.5) is 4.79 Å². The third-order valence-corrected chi connectivity index (χ3v) is 2.84. The Labute approximate surface area is 123 Å². The molecule has 0 saturated heterocycles. The monoisotopic (exact) mass is 302 g/mol. The van der Waals surface area contributed by atoms with E-state index in [1.165, 1.54) is 24.8 Å². The summed E-state index contributed by atoms with van der Waals surface area (Å²) in [6.45, 7) is 6.70. The molecule has 20 heavy (non-hydrogen) atoms. The normalized spacial score (nSPS) is 9.45. The van der Waals surface area contributed by atoms with E-state index in [0.717, 1.165) is 16.4 Å². The van der Waals surface area contributed by atoms with Crippen molar-refractivity contribution in [2.24, 2.45) is 0 Å². The summed E-state index contributed by atoms with van der Waals surface area (Å²) >= 11 is 1.12. The summed E-state index contributed by atoms with van der Waals surface area (Å²) in [5.74, 6) is -0.235. The van der Waals surface area contributed by atoms with Crippen LogP contribution in [-0.4, -0.2) is 58.1 Å². The number of hydrogen-bond donors (Lipinski definition) is 0. The molecule has 114 valence electrons. The second-order valence-electron chi connectivity index (χ2n) is 3.84. The Morgan fingerprint density at radius 1 is 1.40 bits per heavy atom. The molecule has 0 radical (unpaired) electrons. The summed E-state index contributed by atoms with van der Waals surface area (Å²) in [7, 11) is 2.99. The maximum atomic E-state index is 11.7. The van der Waals surface area contributed by atoms with E-state index >= 15 is 0 Å². The molecular formula is C12H22N4O3S. The molecule has 0 saturated carbocycles. The Morgan fingerprint density at radius 3 is 2.50 bits per heavy atom. The minimum atomic E-state index is -0.358. The van der Waals surface area contributed by atoms with E-state index in [2.05, 4.69) is 28.7 Å². The second kappa shape index (κ2) is 10.2. The van der Waals surface area contributed by atoms with E-state index in [1.807, 2.05) is 6.92 Å². The average molecular weight is 302 g/mol. The molecule has 0 N–H and O–H groups in total. The van der Waals surface area contributed by atoms with Crippen LogP contribution in [0.15, 0.2) is 11.5 Å². The summed E-state index contributed by atoms with van der Waals surface area (Å²) in [6, 6.07) is -0.259. The molecule has 8 heteroatoms. The van der Waals surface area contributed by atoms with Gasteiger partial charge in [0.25, 0.3) is 0 Å². The van der Waals surface area contributed by atoms with Crippen LogP contribution >= 0.6 is 11.8 Å². The Kier molecular flexibility index (Phi) is 9.44. The molecule has 0 aliphatic heterocycles. The predicted molar refractivity (Wildman–Crippen MR) is 77.8 cm³/mol. The van der Waals surface area contributed by atoms with Gasteiger partial charge in [0, 0.05) is 13.6 Å². The molecule has 0 aliphatic rings. The molecule has 1 aromatic heterocycles. The van der Waals surface area contributed by atoms with Crippen molar-refractivity contribution in [3.05, 3.63) is 6.33 Å². The van der Waals surface area contributed by atoms with Crippen molar-refractivity contribution in [1.29, 1.82) is 0 Å². The molecule has 0 aromatic carbocycles. The molecular weight excluding hydrogens is 280 g/mol. The Balaban J connectivity index is 0.00000110. The maximum Gasteiger partial charge on any atom is 0.345 e. The Hall–Kier alpha value is -1.57. The number of carbonyl (C=O) groups excluding carboxylic acids is 2. The van der Waals surface area contributed by atoms with Gasteiger partial charge in [0.15, 0.2) is 0 Å². The highest BCUT2D eigenvalue weighted by Gasteiger charge is 2.13. The van der Waals surface area contributed by atoms with E-state index in [4.69, 9.17) is 0 Å². The molecule has 7 nitrogen and oxygen atoms in total. The van der Waals surface area contributed by atoms with Gasteiger partial charge in [-0.05, 0) is 6.92 Å². The standard InChI is InChI=1S/C9H14N4O3S.C3H8/c1-4-12(2)9(15)13-6-10-8(11-13)17-5-7(14)16-3;1-3-2/h6H,4-5H2,1-3H3;3H2,1-2H3. The van der Waals surface area contributed by atoms with Crippen LogP contribution < -0.4 is 0 Å². The predicted octanol–water partition coefficient (Wildman–Crippen LogP) is 1.88. The van der Waals surface area contributed by atoms with Crippen molar-refractivity contribution in [2.75, 3.05) is 26.5 Å². The van der Waals surface area contributed by atoms with Crippen LogP contribution in [0.1, 0.15) is 27.2 Å². The Morgan fingerprint density at radius 2 is 2.00 bits per heavy atom. The first-order valence-corrected chi connectivity index (χ1v) is 7.35. The highest BCUT2D eigenvalue weighted by Crippen LogP contribution is 2.11. The number of esters is 1. The number of aromatic nitrogens is 3. The zero-order valence-electron chi connectivity index (χ0n) is 12.6. The molecule has 0 atom stereocenters. The largest absolute Gasteiger partial charge is 0.468 e. The van der Waals surface area contributed by atoms with Gasteiger partial charge in [-0.2, -0.15) is 4.68 Å². The summed E-state index contributed by atoms with van der Waals surface area (Å²) in [6.07, 6.45) is 2.58. The van der Waals surface area contributed by atoms with Gasteiger partial charge in [0.2, 0.25) is 5.16 Å². The highest BCUT2D eigenvalue weighted by molar-refractivity contribution is 7.99. The zero-order valence-corrected chi connectivity index (χ0v) is 13.4. The first-order chi connectivity index (χ1) is 9.49. The maximum absolute atomic E-state index is 11.7. The lowest BCUT2D eigenvalue weighted by molar-refractivity contribution is -0.137. The summed E-state index contributed by atoms with van der Waals surface area (Å²) < 4.78 is 5.63. The third kappa shape index (κ3) is 6.55. The van der Waals surface area contributed by atoms with E-state index in [-0.39, 0.29) is 17.8 Å². The topological polar surface area (TPSA) is 77.3 Å². The number of methoxy groups -OCH3 is 1. The smallest absolute Gasteiger partial charge is 0.345 e. The first-order valence-electron chi connectivity index (χ1n) is 6.36. The van der Waals surface area contributed by atoms with E-state index in [0.29, 0.717) is 11.7 Å². The number of rotatable bonds is 4. The minimum absolute atomic E-state index is 0.123. The van der Waals surface area contributed by atoms with Gasteiger partial charge in [-0.25, -0.2) is 9.78 Å². The SMILES string of the molecule is CCC.CCN(C)C(=O)n1cnc(SCC(=O)OC)n1. The fourth-order valence-electron chi connectivity index (χ4n) is 0.899. The zero-order chi connectivity index (χ0) is 15.5. The minimum Gasteiger partial charge on any atom is -0.468 e. The fourth-order valence-corrected chi connectivity index (χ4v) is 1.53. The van der Waals surface area contributed by atoms with Crippen LogP contribution in [0.25, 0.3) is 0 Å². The lowest BCUT2D eigenvalue weighted by Crippen LogP contribution is -2.31. The first kappa shape index (κ1) is 18.4. The van der Waals surface area contributed by atoms with Gasteiger partial charge in [-0.1, -0.05) is 32.0 Å². The fraction of sp³-hybridized carbons (Fsp3) is 0.667. The summed E-state index contributed by atoms with van der Waals surface area (Å²) in [4.78, 5) is 28.0. The molecule has 0 unspecified atom stereocenters. The van der Waals surface area contributed by atoms with Crippen LogP contribution in [0.2, 0.25) is 0 Å². The number of nitrogens with zero attached hydrogens (tertiary/aromatic N) is 4. The number of thioether (sulfide) groups is 1. The van der Waals surface area contributed by atoms with Crippen molar-refractivity contribution in [3.63, 3.8) is 0 Å². The van der Waals surface area contributed by atoms with Crippen molar-refractivity contribution in [2.45, 2.75) is 32.3 Å². The molecule has 1 amide bonds. The van der Waals surface area contributed by atoms with Crippen molar-refractivity contribution < 1.29 is 14.3 Å². The molecule has 0 fully saturated rings. The summed E-state index contributed by atoms with van der Waals surface area (Å²) in [5.41, 5.74) is 0. The van der Waals surface area contributed by atoms with E-state index < -0.39 is 0 Å². The lowest BCUT2D eigenvalue weighted by atomic mass is 10.6. The molecule has 0 bridgehead atoms. The number of hydrogen-bond acceptors (Lipinski definition) is 6. The molecule has 1 heterocycles. The van der Waals surface area contributed by atoms with Crippen molar-refractivity contribution in [3.8, 4) is 0 Å². The van der Waals surface area contributed by atoms with Crippen LogP contribution in [-0.2, 0) is 9.53 Å². The van der Waals surface area contributed by atoms with Crippen molar-refractivity contribution in [1.82, 2.24) is 19.7 Å². The molecule has 1 rings (SSSR count). The van der Waals surface area contributed by atoms with Gasteiger partial charge >= 0.3 is 12.0 Å². The quantitative estimate of drug-likeness (QED) is 0.624. The van der Waals surface area contributed by atoms with Gasteiger partial charge in [-0.15, -0.1) is 5.10 Å². The molecule has 0 spiro atoms. The van der Waals surface area contributed by atoms with E-state index in [9.17, 15) is 9.59 Å². The number of carbonyl (C=O) groups is 2. The van der Waals surface area contributed by atoms with Gasteiger partial charge in [0.1, 0.15) is 6.33 Å². The van der Waals surface area contributed by atoms with Gasteiger partial charge in [0.05, 0.1) is 12.9 Å². The van der Waals surface area contributed by atoms with E-state index in [1.54, 1.807) is 7.05 Å². The summed E-state index contributed by atoms with van der Waals surface area (Å²) in [5, 5.41) is 4.32. The van der Waals surface area contributed by atoms with Gasteiger partial charge in [-0.3, -0.25) is 4.79 Å². The lowest BCUT2D eigenvalue weighted by Gasteiger charge is -2.12. The Bertz CT molecular complexity index is 423. The van der Waals surface area contributed by atoms with Crippen LogP contribution in [0.5, 0.6) is 0 Å².